The van der Waals surface area contributed by atoms with Crippen molar-refractivity contribution in [3.05, 3.63) is 63.2 Å². The summed E-state index contributed by atoms with van der Waals surface area (Å²) in [6, 6.07) is 13.8. The molecular formula is C17H16IN3O3. The predicted molar refractivity (Wildman–Crippen MR) is 99.7 cm³/mol. The van der Waals surface area contributed by atoms with Gasteiger partial charge in [0.05, 0.1) is 11.3 Å². The van der Waals surface area contributed by atoms with Crippen LogP contribution >= 0.6 is 22.6 Å². The van der Waals surface area contributed by atoms with Crippen LogP contribution in [0.5, 0.6) is 0 Å². The van der Waals surface area contributed by atoms with Crippen molar-refractivity contribution in [2.24, 2.45) is 5.73 Å². The van der Waals surface area contributed by atoms with E-state index in [9.17, 15) is 14.4 Å². The van der Waals surface area contributed by atoms with E-state index in [1.54, 1.807) is 42.5 Å². The lowest BCUT2D eigenvalue weighted by atomic mass is 10.1. The van der Waals surface area contributed by atoms with Gasteiger partial charge in [0, 0.05) is 22.1 Å². The van der Waals surface area contributed by atoms with Crippen LogP contribution in [0.25, 0.3) is 0 Å². The van der Waals surface area contributed by atoms with E-state index in [0.717, 1.165) is 3.57 Å². The molecule has 0 saturated heterocycles. The van der Waals surface area contributed by atoms with Crippen molar-refractivity contribution >= 4 is 46.0 Å². The highest BCUT2D eigenvalue weighted by Gasteiger charge is 2.14. The number of rotatable bonds is 6. The van der Waals surface area contributed by atoms with Gasteiger partial charge in [-0.2, -0.15) is 0 Å². The number of carbonyl (C=O) groups excluding carboxylic acids is 3. The summed E-state index contributed by atoms with van der Waals surface area (Å²) in [5, 5.41) is 5.34. The summed E-state index contributed by atoms with van der Waals surface area (Å²) in [5.41, 5.74) is 6.27. The van der Waals surface area contributed by atoms with E-state index in [0.29, 0.717) is 16.8 Å². The minimum Gasteiger partial charge on any atom is -0.370 e. The fraction of sp³-hybridized carbons (Fsp3) is 0.118. The number of benzene rings is 2. The van der Waals surface area contributed by atoms with Crippen LogP contribution in [0.15, 0.2) is 48.5 Å². The molecule has 2 aromatic carbocycles. The number of nitrogens with two attached hydrogens (primary N) is 1. The molecule has 0 aromatic heterocycles. The minimum absolute atomic E-state index is 0.0583. The van der Waals surface area contributed by atoms with Crippen LogP contribution in [0.4, 0.5) is 5.69 Å². The molecule has 2 aromatic rings. The highest BCUT2D eigenvalue weighted by molar-refractivity contribution is 14.1. The quantitative estimate of drug-likeness (QED) is 0.604. The van der Waals surface area contributed by atoms with Crippen LogP contribution in [0, 0.1) is 3.57 Å². The normalized spacial score (nSPS) is 10.0. The number of nitrogens with one attached hydrogen (secondary N) is 2. The Kier molecular flexibility index (Phi) is 6.30. The number of carbonyl (C=O) groups is 3. The molecule has 0 saturated carbocycles. The third-order valence-corrected chi connectivity index (χ3v) is 3.83. The summed E-state index contributed by atoms with van der Waals surface area (Å²) in [6.07, 6.45) is 0.0583. The van der Waals surface area contributed by atoms with Gasteiger partial charge in [-0.3, -0.25) is 14.4 Å². The van der Waals surface area contributed by atoms with Gasteiger partial charge < -0.3 is 16.4 Å². The van der Waals surface area contributed by atoms with E-state index in [1.165, 1.54) is 0 Å². The van der Waals surface area contributed by atoms with Gasteiger partial charge in [0.15, 0.2) is 0 Å². The molecule has 2 rings (SSSR count). The fourth-order valence-corrected chi connectivity index (χ4v) is 2.55. The van der Waals surface area contributed by atoms with E-state index < -0.39 is 5.91 Å². The second kappa shape index (κ2) is 8.44. The second-order valence-electron chi connectivity index (χ2n) is 4.98. The zero-order valence-electron chi connectivity index (χ0n) is 12.7. The van der Waals surface area contributed by atoms with Crippen LogP contribution < -0.4 is 16.4 Å². The number of halogens is 1. The Hall–Kier alpha value is -2.42. The molecule has 0 spiro atoms. The zero-order valence-corrected chi connectivity index (χ0v) is 14.9. The number of primary amides is 1. The number of para-hydroxylation sites is 1. The first-order valence-corrected chi connectivity index (χ1v) is 8.27. The summed E-state index contributed by atoms with van der Waals surface area (Å²) < 4.78 is 0.942. The lowest BCUT2D eigenvalue weighted by molar-refractivity contribution is -0.117. The summed E-state index contributed by atoms with van der Waals surface area (Å²) in [5.74, 6) is -1.17. The summed E-state index contributed by atoms with van der Waals surface area (Å²) in [6.45, 7) is 0.146. The van der Waals surface area contributed by atoms with Crippen molar-refractivity contribution in [1.82, 2.24) is 5.32 Å². The second-order valence-corrected chi connectivity index (χ2v) is 6.23. The average Bonchev–Trinajstić information content (AvgIpc) is 2.55. The smallest absolute Gasteiger partial charge is 0.255 e. The first kappa shape index (κ1) is 17.9. The van der Waals surface area contributed by atoms with Crippen molar-refractivity contribution in [1.29, 1.82) is 0 Å². The molecular weight excluding hydrogens is 421 g/mol. The summed E-state index contributed by atoms with van der Waals surface area (Å²) in [4.78, 5) is 35.3. The number of amides is 3. The minimum atomic E-state index is -0.490. The van der Waals surface area contributed by atoms with Gasteiger partial charge in [-0.1, -0.05) is 18.2 Å². The first-order valence-electron chi connectivity index (χ1n) is 7.20. The van der Waals surface area contributed by atoms with Crippen molar-refractivity contribution in [3.8, 4) is 0 Å². The van der Waals surface area contributed by atoms with Crippen LogP contribution in [0.2, 0.25) is 0 Å². The zero-order chi connectivity index (χ0) is 17.5. The number of hydrogen-bond acceptors (Lipinski definition) is 3. The SMILES string of the molecule is NC(=O)CCNC(=O)c1ccccc1NC(=O)c1cccc(I)c1. The topological polar surface area (TPSA) is 101 Å². The van der Waals surface area contributed by atoms with Gasteiger partial charge in [0.2, 0.25) is 5.91 Å². The summed E-state index contributed by atoms with van der Waals surface area (Å²) in [7, 11) is 0. The van der Waals surface area contributed by atoms with Crippen LogP contribution in [0.3, 0.4) is 0 Å². The molecule has 0 aliphatic heterocycles. The predicted octanol–water partition coefficient (Wildman–Crippen LogP) is 2.15. The average molecular weight is 437 g/mol. The molecule has 0 aliphatic rings. The number of hydrogen-bond donors (Lipinski definition) is 3. The van der Waals surface area contributed by atoms with Crippen LogP contribution in [-0.4, -0.2) is 24.3 Å². The van der Waals surface area contributed by atoms with Gasteiger partial charge in [-0.25, -0.2) is 0 Å². The molecule has 0 bridgehead atoms. The Labute approximate surface area is 152 Å². The Balaban J connectivity index is 2.12. The van der Waals surface area contributed by atoms with Crippen molar-refractivity contribution in [2.75, 3.05) is 11.9 Å². The Morgan fingerprint density at radius 3 is 2.46 bits per heavy atom. The lowest BCUT2D eigenvalue weighted by Crippen LogP contribution is -2.28. The highest BCUT2D eigenvalue weighted by atomic mass is 127. The van der Waals surface area contributed by atoms with Gasteiger partial charge >= 0.3 is 0 Å². The summed E-state index contributed by atoms with van der Waals surface area (Å²) >= 11 is 2.13. The largest absolute Gasteiger partial charge is 0.370 e. The molecule has 124 valence electrons. The van der Waals surface area contributed by atoms with Crippen molar-refractivity contribution in [3.63, 3.8) is 0 Å². The molecule has 0 heterocycles. The fourth-order valence-electron chi connectivity index (χ4n) is 2.01. The first-order chi connectivity index (χ1) is 11.5. The maximum absolute atomic E-state index is 12.3. The Morgan fingerprint density at radius 1 is 1.00 bits per heavy atom. The van der Waals surface area contributed by atoms with Gasteiger partial charge in [-0.15, -0.1) is 0 Å². The third kappa shape index (κ3) is 5.05. The molecule has 24 heavy (non-hydrogen) atoms. The molecule has 0 fully saturated rings. The van der Waals surface area contributed by atoms with Crippen LogP contribution in [0.1, 0.15) is 27.1 Å². The van der Waals surface area contributed by atoms with Gasteiger partial charge in [0.25, 0.3) is 11.8 Å². The molecule has 7 heteroatoms. The monoisotopic (exact) mass is 437 g/mol. The molecule has 3 amide bonds. The van der Waals surface area contributed by atoms with Crippen molar-refractivity contribution < 1.29 is 14.4 Å². The molecule has 6 nitrogen and oxygen atoms in total. The lowest BCUT2D eigenvalue weighted by Gasteiger charge is -2.11. The third-order valence-electron chi connectivity index (χ3n) is 3.16. The van der Waals surface area contributed by atoms with E-state index >= 15 is 0 Å². The number of anilines is 1. The highest BCUT2D eigenvalue weighted by Crippen LogP contribution is 2.17. The van der Waals surface area contributed by atoms with Crippen LogP contribution in [-0.2, 0) is 4.79 Å². The Morgan fingerprint density at radius 2 is 1.75 bits per heavy atom. The van der Waals surface area contributed by atoms with Gasteiger partial charge in [-0.05, 0) is 52.9 Å². The van der Waals surface area contributed by atoms with E-state index in [4.69, 9.17) is 5.73 Å². The maximum atomic E-state index is 12.3. The molecule has 0 atom stereocenters. The van der Waals surface area contributed by atoms with E-state index in [-0.39, 0.29) is 24.8 Å². The molecule has 4 N–H and O–H groups in total. The molecule has 0 radical (unpaired) electrons. The van der Waals surface area contributed by atoms with Gasteiger partial charge in [0.1, 0.15) is 0 Å². The maximum Gasteiger partial charge on any atom is 0.255 e. The molecule has 0 aliphatic carbocycles. The Bertz CT molecular complexity index is 777. The van der Waals surface area contributed by atoms with E-state index in [2.05, 4.69) is 33.2 Å². The van der Waals surface area contributed by atoms with E-state index in [1.807, 2.05) is 6.07 Å². The van der Waals surface area contributed by atoms with Crippen molar-refractivity contribution in [2.45, 2.75) is 6.42 Å². The molecule has 0 unspecified atom stereocenters. The standard InChI is InChI=1S/C17H16IN3O3/c18-12-5-3-4-11(10-12)16(23)21-14-7-2-1-6-13(14)17(24)20-9-8-15(19)22/h1-7,10H,8-9H2,(H2,19,22)(H,20,24)(H,21,23).